The second-order valence-corrected chi connectivity index (χ2v) is 3.62. The highest BCUT2D eigenvalue weighted by Gasteiger charge is 2.29. The molecule has 0 spiro atoms. The SMILES string of the molecule is CCc1noc(C(N)C2CCC2)n1. The number of nitrogens with two attached hydrogens (primary N) is 1. The van der Waals surface area contributed by atoms with Crippen LogP contribution < -0.4 is 5.73 Å². The lowest BCUT2D eigenvalue weighted by Crippen LogP contribution is -2.27. The minimum atomic E-state index is -0.0402. The number of aromatic nitrogens is 2. The zero-order chi connectivity index (χ0) is 9.26. The van der Waals surface area contributed by atoms with Crippen LogP contribution in [0.25, 0.3) is 0 Å². The summed E-state index contributed by atoms with van der Waals surface area (Å²) >= 11 is 0. The van der Waals surface area contributed by atoms with E-state index in [0.29, 0.717) is 11.8 Å². The minimum absolute atomic E-state index is 0.0402. The highest BCUT2D eigenvalue weighted by atomic mass is 16.5. The van der Waals surface area contributed by atoms with Gasteiger partial charge < -0.3 is 10.3 Å². The lowest BCUT2D eigenvalue weighted by molar-refractivity contribution is 0.222. The predicted molar refractivity (Wildman–Crippen MR) is 47.9 cm³/mol. The van der Waals surface area contributed by atoms with Gasteiger partial charge in [-0.2, -0.15) is 4.98 Å². The number of aryl methyl sites for hydroxylation is 1. The summed E-state index contributed by atoms with van der Waals surface area (Å²) in [5.41, 5.74) is 5.97. The van der Waals surface area contributed by atoms with Crippen molar-refractivity contribution in [1.82, 2.24) is 10.1 Å². The van der Waals surface area contributed by atoms with Crippen molar-refractivity contribution < 1.29 is 4.52 Å². The van der Waals surface area contributed by atoms with Crippen LogP contribution in [0.5, 0.6) is 0 Å². The van der Waals surface area contributed by atoms with Crippen molar-refractivity contribution in [2.24, 2.45) is 11.7 Å². The van der Waals surface area contributed by atoms with Crippen LogP contribution in [0.2, 0.25) is 0 Å². The molecule has 1 saturated carbocycles. The number of hydrogen-bond acceptors (Lipinski definition) is 4. The van der Waals surface area contributed by atoms with Crippen LogP contribution in [0.15, 0.2) is 4.52 Å². The molecule has 1 atom stereocenters. The van der Waals surface area contributed by atoms with Gasteiger partial charge >= 0.3 is 0 Å². The Morgan fingerprint density at radius 3 is 2.85 bits per heavy atom. The second-order valence-electron chi connectivity index (χ2n) is 3.62. The molecule has 4 heteroatoms. The van der Waals surface area contributed by atoms with Gasteiger partial charge in [0.2, 0.25) is 5.89 Å². The molecule has 1 aromatic heterocycles. The summed E-state index contributed by atoms with van der Waals surface area (Å²) in [6.07, 6.45) is 4.49. The first-order valence-corrected chi connectivity index (χ1v) is 4.89. The molecule has 1 aliphatic rings. The summed E-state index contributed by atoms with van der Waals surface area (Å²) in [6, 6.07) is -0.0402. The lowest BCUT2D eigenvalue weighted by Gasteiger charge is -2.28. The quantitative estimate of drug-likeness (QED) is 0.766. The molecule has 4 nitrogen and oxygen atoms in total. The summed E-state index contributed by atoms with van der Waals surface area (Å²) in [4.78, 5) is 4.23. The van der Waals surface area contributed by atoms with Crippen molar-refractivity contribution in [3.8, 4) is 0 Å². The highest BCUT2D eigenvalue weighted by Crippen LogP contribution is 2.35. The number of hydrogen-bond donors (Lipinski definition) is 1. The van der Waals surface area contributed by atoms with E-state index in [9.17, 15) is 0 Å². The zero-order valence-electron chi connectivity index (χ0n) is 7.86. The molecule has 1 aliphatic carbocycles. The fraction of sp³-hybridized carbons (Fsp3) is 0.778. The summed E-state index contributed by atoms with van der Waals surface area (Å²) in [6.45, 7) is 2.00. The van der Waals surface area contributed by atoms with Gasteiger partial charge in [0.25, 0.3) is 0 Å². The predicted octanol–water partition coefficient (Wildman–Crippen LogP) is 1.43. The van der Waals surface area contributed by atoms with Crippen LogP contribution in [0.1, 0.15) is 43.9 Å². The van der Waals surface area contributed by atoms with Gasteiger partial charge in [0.1, 0.15) is 0 Å². The molecule has 1 heterocycles. The molecule has 13 heavy (non-hydrogen) atoms. The summed E-state index contributed by atoms with van der Waals surface area (Å²) in [5, 5.41) is 3.83. The van der Waals surface area contributed by atoms with Crippen molar-refractivity contribution in [3.63, 3.8) is 0 Å². The first-order valence-electron chi connectivity index (χ1n) is 4.89. The lowest BCUT2D eigenvalue weighted by atomic mass is 9.80. The van der Waals surface area contributed by atoms with E-state index in [1.165, 1.54) is 19.3 Å². The summed E-state index contributed by atoms with van der Waals surface area (Å²) in [5.74, 6) is 1.93. The topological polar surface area (TPSA) is 64.9 Å². The monoisotopic (exact) mass is 181 g/mol. The van der Waals surface area contributed by atoms with Crippen molar-refractivity contribution in [3.05, 3.63) is 11.7 Å². The molecule has 2 N–H and O–H groups in total. The van der Waals surface area contributed by atoms with Gasteiger partial charge in [0.05, 0.1) is 6.04 Å². The maximum absolute atomic E-state index is 5.97. The number of nitrogens with zero attached hydrogens (tertiary/aromatic N) is 2. The standard InChI is InChI=1S/C9H15N3O/c1-2-7-11-9(13-12-7)8(10)6-4-3-5-6/h6,8H,2-5,10H2,1H3. The van der Waals surface area contributed by atoms with Gasteiger partial charge in [-0.3, -0.25) is 0 Å². The Hall–Kier alpha value is -0.900. The van der Waals surface area contributed by atoms with Gasteiger partial charge in [-0.1, -0.05) is 18.5 Å². The smallest absolute Gasteiger partial charge is 0.243 e. The molecule has 0 bridgehead atoms. The third-order valence-electron chi connectivity index (χ3n) is 2.74. The normalized spacial score (nSPS) is 19.8. The fourth-order valence-electron chi connectivity index (χ4n) is 1.55. The zero-order valence-corrected chi connectivity index (χ0v) is 7.86. The van der Waals surface area contributed by atoms with Gasteiger partial charge in [0.15, 0.2) is 5.82 Å². The van der Waals surface area contributed by atoms with Crippen molar-refractivity contribution in [2.45, 2.75) is 38.6 Å². The Kier molecular flexibility index (Phi) is 2.31. The maximum atomic E-state index is 5.97. The van der Waals surface area contributed by atoms with Crippen LogP contribution in [0.4, 0.5) is 0 Å². The minimum Gasteiger partial charge on any atom is -0.338 e. The van der Waals surface area contributed by atoms with E-state index in [1.807, 2.05) is 6.92 Å². The first kappa shape index (κ1) is 8.69. The number of rotatable bonds is 3. The average Bonchev–Trinajstić information content (AvgIpc) is 2.48. The Morgan fingerprint density at radius 1 is 1.62 bits per heavy atom. The summed E-state index contributed by atoms with van der Waals surface area (Å²) in [7, 11) is 0. The largest absolute Gasteiger partial charge is 0.338 e. The van der Waals surface area contributed by atoms with Crippen LogP contribution in [0, 0.1) is 5.92 Å². The van der Waals surface area contributed by atoms with Crippen LogP contribution in [-0.2, 0) is 6.42 Å². The summed E-state index contributed by atoms with van der Waals surface area (Å²) < 4.78 is 5.09. The molecule has 0 aliphatic heterocycles. The first-order chi connectivity index (χ1) is 6.31. The molecule has 2 rings (SSSR count). The maximum Gasteiger partial charge on any atom is 0.243 e. The van der Waals surface area contributed by atoms with Crippen molar-refractivity contribution >= 4 is 0 Å². The van der Waals surface area contributed by atoms with Gasteiger partial charge in [0, 0.05) is 6.42 Å². The van der Waals surface area contributed by atoms with E-state index in [4.69, 9.17) is 10.3 Å². The van der Waals surface area contributed by atoms with Gasteiger partial charge in [-0.15, -0.1) is 0 Å². The molecular weight excluding hydrogens is 166 g/mol. The third-order valence-corrected chi connectivity index (χ3v) is 2.74. The average molecular weight is 181 g/mol. The molecular formula is C9H15N3O. The van der Waals surface area contributed by atoms with Crippen LogP contribution in [0.3, 0.4) is 0 Å². The van der Waals surface area contributed by atoms with Crippen LogP contribution in [-0.4, -0.2) is 10.1 Å². The van der Waals surface area contributed by atoms with Crippen molar-refractivity contribution in [1.29, 1.82) is 0 Å². The molecule has 0 amide bonds. The molecule has 0 saturated heterocycles. The molecule has 1 fully saturated rings. The molecule has 1 aromatic rings. The fourth-order valence-corrected chi connectivity index (χ4v) is 1.55. The third kappa shape index (κ3) is 1.58. The Morgan fingerprint density at radius 2 is 2.38 bits per heavy atom. The molecule has 0 aromatic carbocycles. The highest BCUT2D eigenvalue weighted by molar-refractivity contribution is 4.96. The van der Waals surface area contributed by atoms with Crippen molar-refractivity contribution in [2.75, 3.05) is 0 Å². The van der Waals surface area contributed by atoms with E-state index in [0.717, 1.165) is 12.2 Å². The molecule has 72 valence electrons. The van der Waals surface area contributed by atoms with Crippen LogP contribution >= 0.6 is 0 Å². The van der Waals surface area contributed by atoms with Gasteiger partial charge in [-0.05, 0) is 18.8 Å². The molecule has 1 unspecified atom stereocenters. The van der Waals surface area contributed by atoms with E-state index in [-0.39, 0.29) is 6.04 Å². The second kappa shape index (κ2) is 3.46. The Labute approximate surface area is 77.5 Å². The molecule has 0 radical (unpaired) electrons. The van der Waals surface area contributed by atoms with E-state index in [2.05, 4.69) is 10.1 Å². The Bertz CT molecular complexity index is 280. The van der Waals surface area contributed by atoms with E-state index < -0.39 is 0 Å². The Balaban J connectivity index is 2.05. The van der Waals surface area contributed by atoms with E-state index in [1.54, 1.807) is 0 Å². The van der Waals surface area contributed by atoms with E-state index >= 15 is 0 Å². The van der Waals surface area contributed by atoms with Gasteiger partial charge in [-0.25, -0.2) is 0 Å².